The Balaban J connectivity index is 1.28. The lowest BCUT2D eigenvalue weighted by atomic mass is 9.98. The number of carbonyl (C=O) groups is 3. The van der Waals surface area contributed by atoms with Crippen molar-refractivity contribution in [1.82, 2.24) is 14.7 Å². The molecule has 2 aliphatic rings. The van der Waals surface area contributed by atoms with Crippen LogP contribution in [0, 0.1) is 5.92 Å². The number of nitrogens with zero attached hydrogens (tertiary/aromatic N) is 4. The number of amides is 2. The van der Waals surface area contributed by atoms with Crippen LogP contribution in [-0.2, 0) is 25.7 Å². The van der Waals surface area contributed by atoms with Gasteiger partial charge in [0, 0.05) is 36.8 Å². The maximum Gasteiger partial charge on any atom is 0.313 e. The van der Waals surface area contributed by atoms with Crippen LogP contribution < -0.4 is 9.64 Å². The molecule has 0 aliphatic carbocycles. The van der Waals surface area contributed by atoms with E-state index in [1.54, 1.807) is 11.8 Å². The smallest absolute Gasteiger partial charge is 0.313 e. The molecule has 0 N–H and O–H groups in total. The lowest BCUT2D eigenvalue weighted by Crippen LogP contribution is -2.52. The third kappa shape index (κ3) is 5.16. The minimum Gasteiger partial charge on any atom is -0.497 e. The maximum absolute atomic E-state index is 13.3. The van der Waals surface area contributed by atoms with Gasteiger partial charge in [-0.15, -0.1) is 0 Å². The van der Waals surface area contributed by atoms with Gasteiger partial charge < -0.3 is 14.4 Å². The summed E-state index contributed by atoms with van der Waals surface area (Å²) in [5.41, 5.74) is 2.14. The van der Waals surface area contributed by atoms with E-state index in [1.165, 1.54) is 4.90 Å². The minimum absolute atomic E-state index is 0.133. The van der Waals surface area contributed by atoms with Gasteiger partial charge in [-0.3, -0.25) is 24.0 Å². The lowest BCUT2D eigenvalue weighted by molar-refractivity contribution is -0.161. The number of aromatic nitrogens is 2. The molecule has 2 fully saturated rings. The molecular weight excluding hydrogens is 472 g/mol. The molecule has 0 spiro atoms. The fourth-order valence-corrected chi connectivity index (χ4v) is 4.76. The zero-order valence-electron chi connectivity index (χ0n) is 21.6. The number of methoxy groups -OCH3 is 1. The van der Waals surface area contributed by atoms with Crippen molar-refractivity contribution in [3.05, 3.63) is 54.2 Å². The molecule has 2 amide bonds. The second-order valence-corrected chi connectivity index (χ2v) is 10.7. The molecule has 3 aromatic rings. The van der Waals surface area contributed by atoms with Crippen molar-refractivity contribution in [3.8, 4) is 5.75 Å². The van der Waals surface area contributed by atoms with Crippen molar-refractivity contribution >= 4 is 34.4 Å². The summed E-state index contributed by atoms with van der Waals surface area (Å²) in [7, 11) is 1.60. The van der Waals surface area contributed by atoms with E-state index >= 15 is 0 Å². The standard InChI is InChI=1S/C28H32N4O5/c1-28(2,3)37-27(35)20-15-30(16-20)21-7-10-23-19(13-21)17-32(29-23)24-11-12-25(33)31(26(24)34)14-18-5-8-22(36-4)9-6-18/h5-10,13,17,20,24H,11-12,14-16H2,1-4H3. The molecule has 0 bridgehead atoms. The van der Waals surface area contributed by atoms with E-state index in [4.69, 9.17) is 9.47 Å². The molecule has 1 unspecified atom stereocenters. The summed E-state index contributed by atoms with van der Waals surface area (Å²) in [5, 5.41) is 5.56. The van der Waals surface area contributed by atoms with E-state index < -0.39 is 11.6 Å². The van der Waals surface area contributed by atoms with Crippen molar-refractivity contribution in [2.24, 2.45) is 5.92 Å². The van der Waals surface area contributed by atoms with Gasteiger partial charge in [0.05, 0.1) is 25.1 Å². The third-order valence-corrected chi connectivity index (χ3v) is 6.80. The van der Waals surface area contributed by atoms with Gasteiger partial charge in [0.1, 0.15) is 17.4 Å². The van der Waals surface area contributed by atoms with E-state index in [-0.39, 0.29) is 36.7 Å². The molecule has 3 heterocycles. The number of hydrogen-bond acceptors (Lipinski definition) is 7. The number of hydrogen-bond donors (Lipinski definition) is 0. The maximum atomic E-state index is 13.3. The quantitative estimate of drug-likeness (QED) is 0.373. The third-order valence-electron chi connectivity index (χ3n) is 6.80. The molecule has 194 valence electrons. The Morgan fingerprint density at radius 1 is 1.08 bits per heavy atom. The van der Waals surface area contributed by atoms with Crippen molar-refractivity contribution in [3.63, 3.8) is 0 Å². The van der Waals surface area contributed by atoms with Crippen LogP contribution in [-0.4, -0.2) is 58.3 Å². The second kappa shape index (κ2) is 9.53. The van der Waals surface area contributed by atoms with E-state index in [0.717, 1.165) is 27.9 Å². The summed E-state index contributed by atoms with van der Waals surface area (Å²) in [6, 6.07) is 12.7. The topological polar surface area (TPSA) is 94.0 Å². The Morgan fingerprint density at radius 2 is 1.81 bits per heavy atom. The average molecular weight is 505 g/mol. The highest BCUT2D eigenvalue weighted by Gasteiger charge is 2.37. The molecule has 2 aromatic carbocycles. The average Bonchev–Trinajstić information content (AvgIpc) is 3.23. The van der Waals surface area contributed by atoms with E-state index in [1.807, 2.05) is 69.4 Å². The van der Waals surface area contributed by atoms with Gasteiger partial charge in [0.2, 0.25) is 5.91 Å². The van der Waals surface area contributed by atoms with Gasteiger partial charge in [0.25, 0.3) is 5.91 Å². The van der Waals surface area contributed by atoms with E-state index in [9.17, 15) is 14.4 Å². The van der Waals surface area contributed by atoms with Crippen molar-refractivity contribution in [2.45, 2.75) is 51.8 Å². The number of ether oxygens (including phenoxy) is 2. The normalized spacial score (nSPS) is 18.8. The Bertz CT molecular complexity index is 1330. The van der Waals surface area contributed by atoms with Crippen LogP contribution in [0.5, 0.6) is 5.75 Å². The first-order valence-electron chi connectivity index (χ1n) is 12.5. The second-order valence-electron chi connectivity index (χ2n) is 10.7. The largest absolute Gasteiger partial charge is 0.497 e. The monoisotopic (exact) mass is 504 g/mol. The molecule has 1 aromatic heterocycles. The molecule has 0 saturated carbocycles. The highest BCUT2D eigenvalue weighted by Crippen LogP contribution is 2.31. The predicted molar refractivity (Wildman–Crippen MR) is 138 cm³/mol. The summed E-state index contributed by atoms with van der Waals surface area (Å²) in [6.45, 7) is 7.06. The number of anilines is 1. The summed E-state index contributed by atoms with van der Waals surface area (Å²) >= 11 is 0. The van der Waals surface area contributed by atoms with Gasteiger partial charge in [-0.25, -0.2) is 0 Å². The van der Waals surface area contributed by atoms with Crippen LogP contribution >= 0.6 is 0 Å². The molecule has 37 heavy (non-hydrogen) atoms. The number of carbonyl (C=O) groups excluding carboxylic acids is 3. The van der Waals surface area contributed by atoms with Gasteiger partial charge in [-0.05, 0) is 63.1 Å². The molecule has 5 rings (SSSR count). The van der Waals surface area contributed by atoms with Gasteiger partial charge in [-0.2, -0.15) is 5.10 Å². The number of likely N-dealkylation sites (tertiary alicyclic amines) is 1. The van der Waals surface area contributed by atoms with Gasteiger partial charge in [-0.1, -0.05) is 12.1 Å². The molecule has 0 radical (unpaired) electrons. The zero-order valence-corrected chi connectivity index (χ0v) is 21.6. The number of rotatable bonds is 6. The summed E-state index contributed by atoms with van der Waals surface area (Å²) in [5.74, 6) is 0.00414. The van der Waals surface area contributed by atoms with Crippen LogP contribution in [0.4, 0.5) is 5.69 Å². The molecule has 9 nitrogen and oxygen atoms in total. The highest BCUT2D eigenvalue weighted by molar-refractivity contribution is 5.99. The lowest BCUT2D eigenvalue weighted by Gasteiger charge is -2.40. The number of benzene rings is 2. The van der Waals surface area contributed by atoms with Crippen LogP contribution in [0.15, 0.2) is 48.7 Å². The zero-order chi connectivity index (χ0) is 26.3. The number of fused-ring (bicyclic) bond motifs is 1. The Morgan fingerprint density at radius 3 is 2.49 bits per heavy atom. The summed E-state index contributed by atoms with van der Waals surface area (Å²) in [4.78, 5) is 41.7. The Kier molecular flexibility index (Phi) is 6.39. The van der Waals surface area contributed by atoms with Gasteiger partial charge >= 0.3 is 5.97 Å². The Labute approximate surface area is 215 Å². The fourth-order valence-electron chi connectivity index (χ4n) is 4.76. The van der Waals surface area contributed by atoms with Crippen LogP contribution in [0.1, 0.15) is 45.2 Å². The first-order chi connectivity index (χ1) is 17.6. The summed E-state index contributed by atoms with van der Waals surface area (Å²) in [6.07, 6.45) is 2.57. The molecule has 9 heteroatoms. The number of piperidine rings is 1. The van der Waals surface area contributed by atoms with Crippen molar-refractivity contribution in [2.75, 3.05) is 25.1 Å². The predicted octanol–water partition coefficient (Wildman–Crippen LogP) is 3.71. The molecule has 2 aliphatic heterocycles. The minimum atomic E-state index is -0.535. The number of imide groups is 1. The fraction of sp³-hybridized carbons (Fsp3) is 0.429. The van der Waals surface area contributed by atoms with Crippen molar-refractivity contribution < 1.29 is 23.9 Å². The SMILES string of the molecule is COc1ccc(CN2C(=O)CCC(n3cc4cc(N5CC(C(=O)OC(C)(C)C)C5)ccc4n3)C2=O)cc1. The van der Waals surface area contributed by atoms with E-state index in [2.05, 4.69) is 10.00 Å². The summed E-state index contributed by atoms with van der Waals surface area (Å²) < 4.78 is 12.4. The Hall–Kier alpha value is -3.88. The van der Waals surface area contributed by atoms with Crippen LogP contribution in [0.3, 0.4) is 0 Å². The first-order valence-corrected chi connectivity index (χ1v) is 12.5. The van der Waals surface area contributed by atoms with E-state index in [0.29, 0.717) is 19.5 Å². The first kappa shape index (κ1) is 24.8. The molecular formula is C28H32N4O5. The van der Waals surface area contributed by atoms with Crippen molar-refractivity contribution in [1.29, 1.82) is 0 Å². The molecule has 2 saturated heterocycles. The number of esters is 1. The highest BCUT2D eigenvalue weighted by atomic mass is 16.6. The van der Waals surface area contributed by atoms with Gasteiger partial charge in [0.15, 0.2) is 0 Å². The molecule has 1 atom stereocenters. The van der Waals surface area contributed by atoms with Crippen LogP contribution in [0.2, 0.25) is 0 Å². The van der Waals surface area contributed by atoms with Crippen LogP contribution in [0.25, 0.3) is 10.9 Å².